The molecule has 146 heavy (non-hydrogen) atoms. The molecule has 6 atom stereocenters. The van der Waals surface area contributed by atoms with E-state index < -0.39 is 71.4 Å². The minimum Gasteiger partial charge on any atom is -0.492 e. The van der Waals surface area contributed by atoms with Crippen LogP contribution in [0.25, 0.3) is 0 Å². The summed E-state index contributed by atoms with van der Waals surface area (Å²) >= 11 is 30.4. The Balaban J connectivity index is 0.000000263. The predicted octanol–water partition coefficient (Wildman–Crippen LogP) is 30.7. The van der Waals surface area contributed by atoms with Gasteiger partial charge in [-0.1, -0.05) is 285 Å². The van der Waals surface area contributed by atoms with Crippen LogP contribution in [0.4, 0.5) is 52.7 Å². The molecule has 6 unspecified atom stereocenters. The summed E-state index contributed by atoms with van der Waals surface area (Å²) in [5.41, 5.74) is 14.6. The van der Waals surface area contributed by atoms with Gasteiger partial charge in [0, 0.05) is 87.4 Å². The topological polar surface area (TPSA) is 118 Å². The molecular weight excluding hydrogens is 1990 g/mol. The quantitative estimate of drug-likeness (QED) is 0.0339. The molecule has 784 valence electrons. The van der Waals surface area contributed by atoms with Crippen molar-refractivity contribution in [1.29, 1.82) is 0 Å². The number of rotatable bonds is 43. The lowest BCUT2D eigenvalue weighted by molar-refractivity contribution is -0.184. The van der Waals surface area contributed by atoms with E-state index in [-0.39, 0.29) is 63.0 Å². The molecule has 0 amide bonds. The first-order chi connectivity index (χ1) is 67.9. The first-order valence-corrected chi connectivity index (χ1v) is 49.0. The number of hydrogen-bond acceptors (Lipinski definition) is 12. The van der Waals surface area contributed by atoms with E-state index in [1.165, 1.54) is 63.9 Å². The lowest BCUT2D eigenvalue weighted by Gasteiger charge is -2.29. The molecule has 0 saturated heterocycles. The number of nitrogens with zero attached hydrogens (tertiary/aromatic N) is 4. The van der Waals surface area contributed by atoms with Crippen LogP contribution < -0.4 is 18.9 Å². The fourth-order valence-electron chi connectivity index (χ4n) is 16.3. The average Bonchev–Trinajstić information content (AvgIpc) is 0.817. The summed E-state index contributed by atoms with van der Waals surface area (Å²) < 4.78 is 174. The molecule has 12 aromatic rings. The van der Waals surface area contributed by atoms with Crippen LogP contribution in [0.3, 0.4) is 0 Å². The second-order valence-electron chi connectivity index (χ2n) is 36.8. The van der Waals surface area contributed by atoms with Gasteiger partial charge in [-0.15, -0.1) is 0 Å². The van der Waals surface area contributed by atoms with Crippen molar-refractivity contribution in [3.05, 3.63) is 400 Å². The summed E-state index contributed by atoms with van der Waals surface area (Å²) in [6.45, 7) is 18.6. The maximum atomic E-state index is 12.8. The molecule has 12 rings (SSSR count). The van der Waals surface area contributed by atoms with Gasteiger partial charge < -0.3 is 33.6 Å². The number of likely N-dealkylation sites (N-methyl/N-ethyl adjacent to an activating group) is 4. The predicted molar refractivity (Wildman–Crippen MR) is 565 cm³/mol. The van der Waals surface area contributed by atoms with Gasteiger partial charge in [-0.2, -0.15) is 52.7 Å². The highest BCUT2D eigenvalue weighted by Crippen LogP contribution is 2.37. The van der Waals surface area contributed by atoms with Crippen LogP contribution in [-0.2, 0) is 44.9 Å². The van der Waals surface area contributed by atoms with Crippen molar-refractivity contribution in [2.45, 2.75) is 169 Å². The van der Waals surface area contributed by atoms with Gasteiger partial charge in [0.1, 0.15) is 36.2 Å². The molecular formula is C117H129Cl5F12N4O8. The highest BCUT2D eigenvalue weighted by Gasteiger charge is 2.50. The Morgan fingerprint density at radius 2 is 0.562 bits per heavy atom. The fraction of sp³-hybridized carbons (Fsp3) is 0.350. The molecule has 0 aromatic heterocycles. The molecule has 29 heteroatoms. The molecule has 0 aliphatic rings. The largest absolute Gasteiger partial charge is 0.492 e. The normalized spacial score (nSPS) is 13.0. The van der Waals surface area contributed by atoms with Crippen LogP contribution >= 0.6 is 58.0 Å². The molecule has 0 fully saturated rings. The van der Waals surface area contributed by atoms with E-state index in [1.807, 2.05) is 123 Å². The Morgan fingerprint density at radius 1 is 0.308 bits per heavy atom. The number of ketones is 4. The lowest BCUT2D eigenvalue weighted by Crippen LogP contribution is -2.46. The molecule has 12 nitrogen and oxygen atoms in total. The highest BCUT2D eigenvalue weighted by atomic mass is 35.5. The van der Waals surface area contributed by atoms with Crippen LogP contribution in [-0.4, -0.2) is 166 Å². The zero-order valence-corrected chi connectivity index (χ0v) is 86.1. The first-order valence-electron chi connectivity index (χ1n) is 47.1. The summed E-state index contributed by atoms with van der Waals surface area (Å²) in [5.74, 6) is -7.16. The first kappa shape index (κ1) is 122. The van der Waals surface area contributed by atoms with Crippen LogP contribution in [0, 0.1) is 32.6 Å². The van der Waals surface area contributed by atoms with E-state index in [1.54, 1.807) is 72.8 Å². The number of hydrogen-bond donors (Lipinski definition) is 0. The summed E-state index contributed by atoms with van der Waals surface area (Å²) in [7, 11) is 8.25. The van der Waals surface area contributed by atoms with Gasteiger partial charge in [0.25, 0.3) is 11.6 Å². The van der Waals surface area contributed by atoms with Crippen molar-refractivity contribution in [2.24, 2.45) is 11.8 Å². The number of halogens is 17. The summed E-state index contributed by atoms with van der Waals surface area (Å²) in [4.78, 5) is 54.6. The summed E-state index contributed by atoms with van der Waals surface area (Å²) in [6.07, 6.45) is -17.5. The Hall–Kier alpha value is -11.0. The van der Waals surface area contributed by atoms with Crippen LogP contribution in [0.1, 0.15) is 170 Å². The summed E-state index contributed by atoms with van der Waals surface area (Å²) in [5, 5.41) is 3.46. The number of carbonyl (C=O) groups is 4. The maximum absolute atomic E-state index is 12.8. The molecule has 0 aliphatic carbocycles. The second-order valence-corrected chi connectivity index (χ2v) is 39.0. The third-order valence-electron chi connectivity index (χ3n) is 24.4. The minimum absolute atomic E-state index is 0. The summed E-state index contributed by atoms with van der Waals surface area (Å²) in [6, 6.07) is 92.4. The minimum atomic E-state index is -4.94. The fourth-order valence-corrected chi connectivity index (χ4v) is 16.9. The zero-order chi connectivity index (χ0) is 105. The molecule has 0 aliphatic heterocycles. The molecule has 0 saturated carbocycles. The van der Waals surface area contributed by atoms with E-state index in [0.717, 1.165) is 101 Å². The smallest absolute Gasteiger partial charge is 0.454 e. The highest BCUT2D eigenvalue weighted by molar-refractivity contribution is 6.31. The van der Waals surface area contributed by atoms with Crippen LogP contribution in [0.2, 0.25) is 25.1 Å². The third kappa shape index (κ3) is 40.2. The van der Waals surface area contributed by atoms with Crippen molar-refractivity contribution in [1.82, 2.24) is 19.6 Å². The van der Waals surface area contributed by atoms with E-state index in [4.69, 9.17) is 77.0 Å². The molecule has 0 N–H and O–H groups in total. The maximum Gasteiger partial charge on any atom is 0.454 e. The van der Waals surface area contributed by atoms with Crippen LogP contribution in [0.15, 0.2) is 291 Å². The van der Waals surface area contributed by atoms with Gasteiger partial charge in [0.05, 0.1) is 6.04 Å². The van der Waals surface area contributed by atoms with Gasteiger partial charge in [0.2, 0.25) is 11.6 Å². The molecule has 0 spiro atoms. The number of ether oxygens (including phenoxy) is 4. The number of Topliss-reactive ketones (excluding diaryl/α,β-unsaturated/α-hetero) is 4. The zero-order valence-electron chi connectivity index (χ0n) is 82.3. The third-order valence-corrected chi connectivity index (χ3v) is 25.6. The number of aryl methyl sites for hydroxylation is 5. The molecule has 0 bridgehead atoms. The average molecular weight is 2120 g/mol. The van der Waals surface area contributed by atoms with Crippen molar-refractivity contribution in [2.75, 3.05) is 87.2 Å². The number of benzene rings is 12. The van der Waals surface area contributed by atoms with E-state index in [2.05, 4.69) is 164 Å². The van der Waals surface area contributed by atoms with Gasteiger partial charge in [-0.3, -0.25) is 24.1 Å². The Kier molecular flexibility index (Phi) is 48.0. The van der Waals surface area contributed by atoms with Crippen molar-refractivity contribution >= 4 is 81.1 Å². The van der Waals surface area contributed by atoms with Gasteiger partial charge in [0.15, 0.2) is 11.7 Å². The molecule has 0 radical (unpaired) electrons. The SMILES string of the molecule is C.C.CC(Cc1ccc(OCCN(C)C(c2ccc(Cl)cc2)c2ccc(Cl)cc2)cc1)C(=O)C(F)(F)F.Cc1ccc(C(CN(C)CCCc2ccc(OC(C)(C)C(=O)C(F)(F)F)cc2)c2ccc(Cl)cc2)cc1.Cc1ccc(C(CN(C)CCCc2ccc(OC(C)C(=O)C(F)(F)F)cc2)c2ccc(Cl)cc2)cc1.Cc1ccc(C(CN(C)CCOc2ccc(CC(C)C(=O)C(F)(F)F)cc2)c2ccc(Cl)cc2)cc1. The van der Waals surface area contributed by atoms with Crippen molar-refractivity contribution < 1.29 is 90.8 Å². The standard InChI is InChI=1S/C30H33ClF3NO2.2C29H31ClF3NO2.C27H26Cl2F3NO2.2CH4/c1-21-7-11-23(12-8-21)27(24-13-15-25(31)16-14-24)20-35(4)19-5-6-22-9-17-26(18-10-22)37-29(2,3)28(36)30(32,33)34;1-20-4-8-23(9-5-20)27(24-10-12-25(30)13-11-24)19-34(3)16-17-36-26-14-6-22(7-15-26)18-21(2)28(35)29(31,32)33;1-20-6-10-23(11-7-20)27(24-12-14-25(30)15-13-24)19-34(3)18-4-5-22-8-16-26(17-9-22)36-21(2)28(35)29(31,32)33;1-18(26(34)27(30,31)32)17-19-3-13-24(14-4-19)35-16-15-33(2)25(20-5-9-22(28)10-6-20)21-7-11-23(29)12-8-21;;/h7-18,27H,5-6,19-20H2,1-4H3;4-15,21,27H,16-19H2,1-3H3;6-17,21,27H,4-5,18-19H2,1-3H3;3-14,18,25H,15-17H2,1-2H3;2*1H4. The Labute approximate surface area is 876 Å². The van der Waals surface area contributed by atoms with Gasteiger partial charge in [-0.25, -0.2) is 0 Å². The van der Waals surface area contributed by atoms with Gasteiger partial charge >= 0.3 is 24.7 Å². The van der Waals surface area contributed by atoms with Crippen LogP contribution in [0.5, 0.6) is 23.0 Å². The number of carbonyl (C=O) groups excluding carboxylic acids is 4. The molecule has 12 aromatic carbocycles. The Bertz CT molecular complexity index is 5590. The number of alkyl halides is 12. The van der Waals surface area contributed by atoms with Crippen molar-refractivity contribution in [3.8, 4) is 23.0 Å². The van der Waals surface area contributed by atoms with Crippen molar-refractivity contribution in [3.63, 3.8) is 0 Å². The van der Waals surface area contributed by atoms with E-state index >= 15 is 0 Å². The van der Waals surface area contributed by atoms with E-state index in [0.29, 0.717) is 74.0 Å². The van der Waals surface area contributed by atoms with E-state index in [9.17, 15) is 71.9 Å². The monoisotopic (exact) mass is 2120 g/mol. The Morgan fingerprint density at radius 3 is 0.849 bits per heavy atom. The molecule has 0 heterocycles. The van der Waals surface area contributed by atoms with Gasteiger partial charge in [-0.05, 0) is 297 Å². The second kappa shape index (κ2) is 57.5. The lowest BCUT2D eigenvalue weighted by atomic mass is 9.90.